The minimum atomic E-state index is 0.529. The number of terminal acetylenes is 1. The highest BCUT2D eigenvalue weighted by molar-refractivity contribution is 6.30. The fourth-order valence-corrected chi connectivity index (χ4v) is 1.10. The molecule has 0 aromatic heterocycles. The molecule has 0 aliphatic heterocycles. The molecule has 0 saturated carbocycles. The van der Waals surface area contributed by atoms with Gasteiger partial charge in [0.1, 0.15) is 0 Å². The molecule has 2 heteroatoms. The summed E-state index contributed by atoms with van der Waals surface area (Å²) in [6, 6.07) is 5.69. The van der Waals surface area contributed by atoms with Gasteiger partial charge >= 0.3 is 0 Å². The van der Waals surface area contributed by atoms with E-state index in [1.54, 1.807) is 0 Å². The van der Waals surface area contributed by atoms with Crippen LogP contribution in [0.4, 0.5) is 5.69 Å². The minimum Gasteiger partial charge on any atom is -0.374 e. The van der Waals surface area contributed by atoms with Crippen LogP contribution in [0.5, 0.6) is 0 Å². The van der Waals surface area contributed by atoms with E-state index >= 15 is 0 Å². The van der Waals surface area contributed by atoms with Gasteiger partial charge in [-0.15, -0.1) is 6.42 Å². The van der Waals surface area contributed by atoms with Gasteiger partial charge in [0.15, 0.2) is 0 Å². The average molecular weight is 180 g/mol. The molecule has 12 heavy (non-hydrogen) atoms. The smallest absolute Gasteiger partial charge is 0.0763 e. The number of halogens is 1. The quantitative estimate of drug-likeness (QED) is 0.689. The molecular formula is C10H10ClN. The summed E-state index contributed by atoms with van der Waals surface area (Å²) in [5, 5.41) is 3.81. The number of hydrogen-bond acceptors (Lipinski definition) is 1. The summed E-state index contributed by atoms with van der Waals surface area (Å²) >= 11 is 5.80. The van der Waals surface area contributed by atoms with E-state index in [-0.39, 0.29) is 0 Å². The van der Waals surface area contributed by atoms with E-state index < -0.39 is 0 Å². The van der Waals surface area contributed by atoms with Crippen molar-refractivity contribution in [1.29, 1.82) is 0 Å². The monoisotopic (exact) mass is 179 g/mol. The van der Waals surface area contributed by atoms with Crippen LogP contribution in [0, 0.1) is 19.3 Å². The highest BCUT2D eigenvalue weighted by Crippen LogP contribution is 2.19. The molecule has 0 heterocycles. The summed E-state index contributed by atoms with van der Waals surface area (Å²) in [4.78, 5) is 0. The number of benzene rings is 1. The molecule has 0 amide bonds. The van der Waals surface area contributed by atoms with Gasteiger partial charge in [0.2, 0.25) is 0 Å². The van der Waals surface area contributed by atoms with Gasteiger partial charge in [0.05, 0.1) is 6.54 Å². The zero-order chi connectivity index (χ0) is 8.97. The molecule has 62 valence electrons. The highest BCUT2D eigenvalue weighted by atomic mass is 35.5. The van der Waals surface area contributed by atoms with Crippen molar-refractivity contribution in [2.45, 2.75) is 6.92 Å². The molecule has 1 N–H and O–H groups in total. The third kappa shape index (κ3) is 2.18. The first-order chi connectivity index (χ1) is 5.74. The van der Waals surface area contributed by atoms with E-state index in [4.69, 9.17) is 18.0 Å². The number of anilines is 1. The van der Waals surface area contributed by atoms with Gasteiger partial charge in [-0.1, -0.05) is 23.6 Å². The van der Waals surface area contributed by atoms with Crippen molar-refractivity contribution >= 4 is 17.3 Å². The Hall–Kier alpha value is -1.13. The Balaban J connectivity index is 2.84. The van der Waals surface area contributed by atoms with Crippen molar-refractivity contribution in [3.8, 4) is 12.3 Å². The lowest BCUT2D eigenvalue weighted by atomic mass is 10.2. The first-order valence-electron chi connectivity index (χ1n) is 3.67. The standard InChI is InChI=1S/C10H10ClN/c1-3-6-12-10-7-9(11)5-4-8(10)2/h1,4-5,7,12H,6H2,2H3. The van der Waals surface area contributed by atoms with Crippen LogP contribution in [0.1, 0.15) is 5.56 Å². The normalized spacial score (nSPS) is 9.08. The zero-order valence-electron chi connectivity index (χ0n) is 6.89. The topological polar surface area (TPSA) is 12.0 Å². The van der Waals surface area contributed by atoms with Crippen molar-refractivity contribution in [2.24, 2.45) is 0 Å². The Morgan fingerprint density at radius 2 is 2.33 bits per heavy atom. The molecule has 0 fully saturated rings. The first-order valence-corrected chi connectivity index (χ1v) is 4.05. The van der Waals surface area contributed by atoms with Crippen LogP contribution in [0.25, 0.3) is 0 Å². The molecule has 0 bridgehead atoms. The Bertz CT molecular complexity index is 312. The van der Waals surface area contributed by atoms with E-state index in [0.717, 1.165) is 16.3 Å². The lowest BCUT2D eigenvalue weighted by Gasteiger charge is -2.06. The molecule has 0 aliphatic carbocycles. The van der Waals surface area contributed by atoms with Crippen molar-refractivity contribution in [2.75, 3.05) is 11.9 Å². The van der Waals surface area contributed by atoms with Gasteiger partial charge in [-0.2, -0.15) is 0 Å². The van der Waals surface area contributed by atoms with Crippen molar-refractivity contribution in [3.05, 3.63) is 28.8 Å². The molecule has 0 spiro atoms. The van der Waals surface area contributed by atoms with E-state index in [1.807, 2.05) is 25.1 Å². The molecule has 1 aromatic carbocycles. The van der Waals surface area contributed by atoms with Gasteiger partial charge in [-0.3, -0.25) is 0 Å². The van der Waals surface area contributed by atoms with Crippen molar-refractivity contribution < 1.29 is 0 Å². The van der Waals surface area contributed by atoms with E-state index in [9.17, 15) is 0 Å². The third-order valence-electron chi connectivity index (χ3n) is 1.58. The van der Waals surface area contributed by atoms with E-state index in [2.05, 4.69) is 11.2 Å². The molecule has 0 radical (unpaired) electrons. The van der Waals surface area contributed by atoms with Gasteiger partial charge in [0, 0.05) is 10.7 Å². The summed E-state index contributed by atoms with van der Waals surface area (Å²) in [6.45, 7) is 2.54. The van der Waals surface area contributed by atoms with Gasteiger partial charge in [0.25, 0.3) is 0 Å². The maximum atomic E-state index is 5.80. The molecular weight excluding hydrogens is 170 g/mol. The van der Waals surface area contributed by atoms with Crippen molar-refractivity contribution in [3.63, 3.8) is 0 Å². The second-order valence-corrected chi connectivity index (χ2v) is 2.95. The molecule has 0 saturated heterocycles. The Morgan fingerprint density at radius 3 is 3.00 bits per heavy atom. The van der Waals surface area contributed by atoms with Crippen LogP contribution in [-0.2, 0) is 0 Å². The van der Waals surface area contributed by atoms with Crippen LogP contribution in [0.3, 0.4) is 0 Å². The van der Waals surface area contributed by atoms with Crippen LogP contribution in [0.15, 0.2) is 18.2 Å². The average Bonchev–Trinajstić information content (AvgIpc) is 2.07. The van der Waals surface area contributed by atoms with Crippen LogP contribution >= 0.6 is 11.6 Å². The first kappa shape index (κ1) is 8.96. The van der Waals surface area contributed by atoms with E-state index in [0.29, 0.717) is 6.54 Å². The minimum absolute atomic E-state index is 0.529. The Kier molecular flexibility index (Phi) is 3.01. The number of rotatable bonds is 2. The predicted octanol–water partition coefficient (Wildman–Crippen LogP) is 2.69. The van der Waals surface area contributed by atoms with Crippen LogP contribution < -0.4 is 5.32 Å². The SMILES string of the molecule is C#CCNc1cc(Cl)ccc1C. The Labute approximate surface area is 77.7 Å². The van der Waals surface area contributed by atoms with Gasteiger partial charge in [-0.05, 0) is 24.6 Å². The van der Waals surface area contributed by atoms with Gasteiger partial charge in [-0.25, -0.2) is 0 Å². The second-order valence-electron chi connectivity index (χ2n) is 2.52. The molecule has 0 aliphatic rings. The summed E-state index contributed by atoms with van der Waals surface area (Å²) in [5.41, 5.74) is 2.15. The summed E-state index contributed by atoms with van der Waals surface area (Å²) < 4.78 is 0. The van der Waals surface area contributed by atoms with Crippen molar-refractivity contribution in [1.82, 2.24) is 0 Å². The summed E-state index contributed by atoms with van der Waals surface area (Å²) in [6.07, 6.45) is 5.12. The maximum Gasteiger partial charge on any atom is 0.0763 e. The number of hydrogen-bond donors (Lipinski definition) is 1. The van der Waals surface area contributed by atoms with E-state index in [1.165, 1.54) is 0 Å². The predicted molar refractivity (Wildman–Crippen MR) is 53.5 cm³/mol. The second kappa shape index (κ2) is 4.04. The highest BCUT2D eigenvalue weighted by Gasteiger charge is 1.96. The Morgan fingerprint density at radius 1 is 1.58 bits per heavy atom. The number of nitrogens with one attached hydrogen (secondary N) is 1. The lowest BCUT2D eigenvalue weighted by molar-refractivity contribution is 1.33. The summed E-state index contributed by atoms with van der Waals surface area (Å²) in [7, 11) is 0. The molecule has 1 rings (SSSR count). The van der Waals surface area contributed by atoms with Gasteiger partial charge < -0.3 is 5.32 Å². The fourth-order valence-electron chi connectivity index (χ4n) is 0.931. The third-order valence-corrected chi connectivity index (χ3v) is 1.82. The zero-order valence-corrected chi connectivity index (χ0v) is 7.65. The lowest BCUT2D eigenvalue weighted by Crippen LogP contribution is -1.99. The molecule has 0 unspecified atom stereocenters. The summed E-state index contributed by atoms with van der Waals surface area (Å²) in [5.74, 6) is 2.51. The largest absolute Gasteiger partial charge is 0.374 e. The molecule has 1 nitrogen and oxygen atoms in total. The maximum absolute atomic E-state index is 5.80. The molecule has 1 aromatic rings. The van der Waals surface area contributed by atoms with Crippen LogP contribution in [-0.4, -0.2) is 6.54 Å². The van der Waals surface area contributed by atoms with Crippen LogP contribution in [0.2, 0.25) is 5.02 Å². The fraction of sp³-hybridized carbons (Fsp3) is 0.200. The molecule has 0 atom stereocenters. The number of aryl methyl sites for hydroxylation is 1.